The third-order valence-corrected chi connectivity index (χ3v) is 3.11. The highest BCUT2D eigenvalue weighted by Crippen LogP contribution is 2.21. The maximum Gasteiger partial charge on any atom is 0.135 e. The van der Waals surface area contributed by atoms with E-state index in [2.05, 4.69) is 5.16 Å². The molecule has 0 radical (unpaired) electrons. The third kappa shape index (κ3) is 3.07. The zero-order chi connectivity index (χ0) is 12.3. The van der Waals surface area contributed by atoms with Crippen molar-refractivity contribution in [3.8, 4) is 0 Å². The molecule has 3 heteroatoms. The second-order valence-electron chi connectivity index (χ2n) is 4.88. The van der Waals surface area contributed by atoms with E-state index in [1.54, 1.807) is 0 Å². The van der Waals surface area contributed by atoms with E-state index in [-0.39, 0.29) is 18.1 Å². The molecule has 1 aromatic carbocycles. The molecule has 2 rings (SSSR count). The smallest absolute Gasteiger partial charge is 0.135 e. The van der Waals surface area contributed by atoms with Gasteiger partial charge in [-0.2, -0.15) is 0 Å². The van der Waals surface area contributed by atoms with Crippen molar-refractivity contribution in [1.29, 1.82) is 0 Å². The van der Waals surface area contributed by atoms with Crippen LogP contribution in [0.25, 0.3) is 0 Å². The number of hydrogen-bond acceptors (Lipinski definition) is 3. The second-order valence-corrected chi connectivity index (χ2v) is 4.88. The average Bonchev–Trinajstić information content (AvgIpc) is 2.78. The second kappa shape index (κ2) is 5.32. The minimum atomic E-state index is -0.315. The fraction of sp³-hybridized carbons (Fsp3) is 0.500. The molecule has 1 heterocycles. The van der Waals surface area contributed by atoms with Crippen LogP contribution in [0.5, 0.6) is 0 Å². The van der Waals surface area contributed by atoms with Gasteiger partial charge < -0.3 is 9.94 Å². The number of oxime groups is 1. The Bertz CT molecular complexity index is 386. The zero-order valence-corrected chi connectivity index (χ0v) is 10.3. The number of rotatable bonds is 4. The molecule has 2 atom stereocenters. The Labute approximate surface area is 102 Å². The van der Waals surface area contributed by atoms with Gasteiger partial charge in [-0.05, 0) is 11.5 Å². The Morgan fingerprint density at radius 2 is 2.06 bits per heavy atom. The fourth-order valence-electron chi connectivity index (χ4n) is 1.90. The van der Waals surface area contributed by atoms with Crippen LogP contribution in [0.1, 0.15) is 32.3 Å². The molecule has 0 aliphatic carbocycles. The fourth-order valence-corrected chi connectivity index (χ4v) is 1.90. The van der Waals surface area contributed by atoms with E-state index in [0.29, 0.717) is 6.42 Å². The van der Waals surface area contributed by atoms with Crippen LogP contribution in [0.4, 0.5) is 0 Å². The van der Waals surface area contributed by atoms with Crippen LogP contribution in [-0.2, 0) is 4.84 Å². The van der Waals surface area contributed by atoms with Crippen LogP contribution in [0.15, 0.2) is 35.5 Å². The zero-order valence-electron chi connectivity index (χ0n) is 10.3. The molecule has 3 nitrogen and oxygen atoms in total. The summed E-state index contributed by atoms with van der Waals surface area (Å²) in [5.74, 6) is 0.263. The van der Waals surface area contributed by atoms with E-state index >= 15 is 0 Å². The Hall–Kier alpha value is -1.35. The summed E-state index contributed by atoms with van der Waals surface area (Å²) in [6.07, 6.45) is 1.14. The van der Waals surface area contributed by atoms with Crippen LogP contribution in [0.2, 0.25) is 0 Å². The van der Waals surface area contributed by atoms with Gasteiger partial charge in [0.15, 0.2) is 0 Å². The lowest BCUT2D eigenvalue weighted by atomic mass is 9.97. The molecule has 0 saturated carbocycles. The van der Waals surface area contributed by atoms with Gasteiger partial charge in [-0.3, -0.25) is 0 Å². The van der Waals surface area contributed by atoms with E-state index in [0.717, 1.165) is 17.7 Å². The third-order valence-electron chi connectivity index (χ3n) is 3.11. The van der Waals surface area contributed by atoms with Gasteiger partial charge in [-0.15, -0.1) is 0 Å². The molecule has 1 N–H and O–H groups in total. The first-order valence-electron chi connectivity index (χ1n) is 6.13. The molecule has 0 fully saturated rings. The Kier molecular flexibility index (Phi) is 3.79. The van der Waals surface area contributed by atoms with E-state index < -0.39 is 0 Å². The van der Waals surface area contributed by atoms with Crippen LogP contribution in [0.3, 0.4) is 0 Å². The molecule has 0 bridgehead atoms. The average molecular weight is 233 g/mol. The molecule has 1 aliphatic rings. The molecular weight excluding hydrogens is 214 g/mol. The lowest BCUT2D eigenvalue weighted by Crippen LogP contribution is -2.22. The van der Waals surface area contributed by atoms with Crippen molar-refractivity contribution in [2.24, 2.45) is 11.1 Å². The highest BCUT2D eigenvalue weighted by atomic mass is 16.6. The van der Waals surface area contributed by atoms with Crippen molar-refractivity contribution in [3.05, 3.63) is 35.9 Å². The normalized spacial score (nSPS) is 21.2. The van der Waals surface area contributed by atoms with Gasteiger partial charge in [0.1, 0.15) is 6.10 Å². The number of aliphatic hydroxyl groups excluding tert-OH is 1. The molecule has 0 spiro atoms. The molecule has 0 saturated heterocycles. The van der Waals surface area contributed by atoms with Gasteiger partial charge in [0, 0.05) is 12.8 Å². The van der Waals surface area contributed by atoms with Crippen molar-refractivity contribution in [2.75, 3.05) is 0 Å². The number of aliphatic hydroxyl groups is 1. The Morgan fingerprint density at radius 1 is 1.35 bits per heavy atom. The lowest BCUT2D eigenvalue weighted by Gasteiger charge is -2.17. The van der Waals surface area contributed by atoms with Crippen molar-refractivity contribution >= 4 is 5.71 Å². The number of benzene rings is 1. The van der Waals surface area contributed by atoms with Crippen LogP contribution < -0.4 is 0 Å². The van der Waals surface area contributed by atoms with Gasteiger partial charge >= 0.3 is 0 Å². The molecule has 0 amide bonds. The van der Waals surface area contributed by atoms with Crippen molar-refractivity contribution in [1.82, 2.24) is 0 Å². The first kappa shape index (κ1) is 12.1. The highest BCUT2D eigenvalue weighted by molar-refractivity contribution is 6.01. The summed E-state index contributed by atoms with van der Waals surface area (Å²) in [5, 5.41) is 13.9. The number of nitrogens with zero attached hydrogens (tertiary/aromatic N) is 1. The van der Waals surface area contributed by atoms with Crippen LogP contribution in [0, 0.1) is 5.92 Å². The molecular formula is C14H19NO2. The van der Waals surface area contributed by atoms with E-state index in [1.165, 1.54) is 0 Å². The summed E-state index contributed by atoms with van der Waals surface area (Å²) in [6.45, 7) is 4.02. The monoisotopic (exact) mass is 233 g/mol. The van der Waals surface area contributed by atoms with Gasteiger partial charge in [0.2, 0.25) is 0 Å². The van der Waals surface area contributed by atoms with Gasteiger partial charge in [-0.1, -0.05) is 49.3 Å². The Morgan fingerprint density at radius 3 is 2.71 bits per heavy atom. The van der Waals surface area contributed by atoms with Crippen molar-refractivity contribution < 1.29 is 9.94 Å². The molecule has 0 aromatic heterocycles. The topological polar surface area (TPSA) is 41.8 Å². The lowest BCUT2D eigenvalue weighted by molar-refractivity contribution is 0.0209. The molecule has 17 heavy (non-hydrogen) atoms. The summed E-state index contributed by atoms with van der Waals surface area (Å²) in [4.78, 5) is 5.37. The Balaban J connectivity index is 1.91. The minimum absolute atomic E-state index is 0.0163. The minimum Gasteiger partial charge on any atom is -0.393 e. The highest BCUT2D eigenvalue weighted by Gasteiger charge is 2.25. The maximum atomic E-state index is 9.81. The quantitative estimate of drug-likeness (QED) is 0.868. The van der Waals surface area contributed by atoms with Gasteiger partial charge in [0.05, 0.1) is 11.8 Å². The SMILES string of the molecule is CC(C)C(O)CC1CC(c2ccccc2)=NO1. The standard InChI is InChI=1S/C14H19NO2/c1-10(2)14(16)9-12-8-13(15-17-12)11-6-4-3-5-7-11/h3-7,10,12,14,16H,8-9H2,1-2H3. The van der Waals surface area contributed by atoms with Crippen molar-refractivity contribution in [3.63, 3.8) is 0 Å². The number of hydrogen-bond donors (Lipinski definition) is 1. The predicted octanol–water partition coefficient (Wildman–Crippen LogP) is 2.59. The van der Waals surface area contributed by atoms with Gasteiger partial charge in [0.25, 0.3) is 0 Å². The van der Waals surface area contributed by atoms with E-state index in [1.807, 2.05) is 44.2 Å². The first-order valence-corrected chi connectivity index (χ1v) is 6.13. The van der Waals surface area contributed by atoms with Crippen molar-refractivity contribution in [2.45, 2.75) is 38.9 Å². The molecule has 1 aromatic rings. The van der Waals surface area contributed by atoms with Crippen LogP contribution >= 0.6 is 0 Å². The molecule has 2 unspecified atom stereocenters. The molecule has 1 aliphatic heterocycles. The predicted molar refractivity (Wildman–Crippen MR) is 67.9 cm³/mol. The largest absolute Gasteiger partial charge is 0.393 e. The first-order chi connectivity index (χ1) is 8.16. The summed E-state index contributed by atoms with van der Waals surface area (Å²) in [6, 6.07) is 10.0. The van der Waals surface area contributed by atoms with E-state index in [9.17, 15) is 5.11 Å². The summed E-state index contributed by atoms with van der Waals surface area (Å²) >= 11 is 0. The molecule has 92 valence electrons. The van der Waals surface area contributed by atoms with Crippen LogP contribution in [-0.4, -0.2) is 23.0 Å². The summed E-state index contributed by atoms with van der Waals surface area (Å²) in [5.41, 5.74) is 2.08. The van der Waals surface area contributed by atoms with E-state index in [4.69, 9.17) is 4.84 Å². The summed E-state index contributed by atoms with van der Waals surface area (Å²) < 4.78 is 0. The van der Waals surface area contributed by atoms with Gasteiger partial charge in [-0.25, -0.2) is 0 Å². The summed E-state index contributed by atoms with van der Waals surface area (Å²) in [7, 11) is 0. The maximum absolute atomic E-state index is 9.81.